The van der Waals surface area contributed by atoms with E-state index in [1.165, 1.54) is 13.0 Å². The van der Waals surface area contributed by atoms with E-state index in [9.17, 15) is 24.3 Å². The van der Waals surface area contributed by atoms with E-state index in [1.807, 2.05) is 6.92 Å². The fourth-order valence-electron chi connectivity index (χ4n) is 4.55. The molecule has 2 saturated heterocycles. The molecular weight excluding hydrogens is 500 g/mol. The van der Waals surface area contributed by atoms with Crippen molar-refractivity contribution in [3.05, 3.63) is 47.1 Å². The number of carbonyl (C=O) groups excluding carboxylic acids is 4. The Hall–Kier alpha value is -3.28. The molecule has 208 valence electrons. The molecule has 2 heterocycles. The zero-order chi connectivity index (χ0) is 28.2. The molecule has 0 bridgehead atoms. The van der Waals surface area contributed by atoms with Crippen LogP contribution in [-0.4, -0.2) is 83.9 Å². The van der Waals surface area contributed by atoms with Crippen LogP contribution in [0.15, 0.2) is 47.1 Å². The minimum absolute atomic E-state index is 0.0271. The number of rotatable bonds is 8. The van der Waals surface area contributed by atoms with Crippen molar-refractivity contribution in [1.29, 1.82) is 0 Å². The van der Waals surface area contributed by atoms with Gasteiger partial charge in [0.15, 0.2) is 0 Å². The van der Waals surface area contributed by atoms with Gasteiger partial charge in [-0.2, -0.15) is 0 Å². The minimum atomic E-state index is -0.879. The molecule has 11 heteroatoms. The van der Waals surface area contributed by atoms with Crippen LogP contribution in [0.2, 0.25) is 0 Å². The lowest BCUT2D eigenvalue weighted by atomic mass is 9.82. The molecule has 0 amide bonds. The van der Waals surface area contributed by atoms with Crippen LogP contribution in [0.4, 0.5) is 0 Å². The number of ether oxygens (including phenoxy) is 5. The third-order valence-electron chi connectivity index (χ3n) is 6.95. The van der Waals surface area contributed by atoms with Gasteiger partial charge in [0.05, 0.1) is 41.5 Å². The Bertz CT molecular complexity index is 1080. The predicted octanol–water partition coefficient (Wildman–Crippen LogP) is 1.23. The van der Waals surface area contributed by atoms with Crippen molar-refractivity contribution >= 4 is 23.9 Å². The third kappa shape index (κ3) is 6.77. The van der Waals surface area contributed by atoms with Crippen molar-refractivity contribution in [2.24, 2.45) is 5.92 Å². The average Bonchev–Trinajstić information content (AvgIpc) is 3.38. The first-order chi connectivity index (χ1) is 17.9. The molecule has 0 aromatic rings. The van der Waals surface area contributed by atoms with E-state index in [0.29, 0.717) is 12.0 Å². The summed E-state index contributed by atoms with van der Waals surface area (Å²) < 4.78 is 27.2. The number of aliphatic hydroxyl groups excluding tert-OH is 2. The van der Waals surface area contributed by atoms with E-state index in [4.69, 9.17) is 28.8 Å². The summed E-state index contributed by atoms with van der Waals surface area (Å²) >= 11 is 0. The van der Waals surface area contributed by atoms with Crippen molar-refractivity contribution in [3.63, 3.8) is 0 Å². The molecule has 0 radical (unpaired) electrons. The summed E-state index contributed by atoms with van der Waals surface area (Å²) in [5, 5.41) is 19.7. The van der Waals surface area contributed by atoms with E-state index < -0.39 is 73.5 Å². The molecule has 2 fully saturated rings. The predicted molar refractivity (Wildman–Crippen MR) is 131 cm³/mol. The van der Waals surface area contributed by atoms with Gasteiger partial charge in [-0.1, -0.05) is 12.7 Å². The largest absolute Gasteiger partial charge is 0.461 e. The van der Waals surface area contributed by atoms with Crippen LogP contribution in [0.25, 0.3) is 0 Å². The highest BCUT2D eigenvalue weighted by Gasteiger charge is 2.57. The van der Waals surface area contributed by atoms with Gasteiger partial charge in [-0.15, -0.1) is 0 Å². The number of hydrogen-bond donors (Lipinski definition) is 2. The number of hydrogen-bond acceptors (Lipinski definition) is 11. The van der Waals surface area contributed by atoms with Crippen LogP contribution in [0.3, 0.4) is 0 Å². The van der Waals surface area contributed by atoms with Gasteiger partial charge in [0, 0.05) is 25.3 Å². The highest BCUT2D eigenvalue weighted by molar-refractivity contribution is 5.93. The van der Waals surface area contributed by atoms with E-state index in [-0.39, 0.29) is 29.2 Å². The molecule has 3 aliphatic rings. The van der Waals surface area contributed by atoms with Crippen molar-refractivity contribution in [1.82, 2.24) is 0 Å². The highest BCUT2D eigenvalue weighted by atomic mass is 16.6. The maximum absolute atomic E-state index is 13.2. The van der Waals surface area contributed by atoms with E-state index >= 15 is 0 Å². The van der Waals surface area contributed by atoms with Gasteiger partial charge in [0.2, 0.25) is 0 Å². The SMILES string of the molecule is C=C1C(=O)OC2C=C(C)C(O)CC3OC3(C)CC(OC(=O)C(=CC)COC(=O)C(=CCO)COC(C)=O)C12. The number of esters is 4. The summed E-state index contributed by atoms with van der Waals surface area (Å²) in [7, 11) is 0. The number of aliphatic hydroxyl groups is 2. The first-order valence-electron chi connectivity index (χ1n) is 12.3. The van der Waals surface area contributed by atoms with E-state index in [0.717, 1.165) is 6.08 Å². The topological polar surface area (TPSA) is 158 Å². The fourth-order valence-corrected chi connectivity index (χ4v) is 4.55. The van der Waals surface area contributed by atoms with Gasteiger partial charge >= 0.3 is 23.9 Å². The first kappa shape index (κ1) is 29.3. The molecule has 0 aromatic heterocycles. The van der Waals surface area contributed by atoms with Gasteiger partial charge in [-0.3, -0.25) is 4.79 Å². The van der Waals surface area contributed by atoms with Crippen molar-refractivity contribution in [2.75, 3.05) is 19.8 Å². The van der Waals surface area contributed by atoms with Gasteiger partial charge in [-0.05, 0) is 38.5 Å². The normalized spacial score (nSPS) is 31.3. The minimum Gasteiger partial charge on any atom is -0.461 e. The van der Waals surface area contributed by atoms with Gasteiger partial charge < -0.3 is 33.9 Å². The lowest BCUT2D eigenvalue weighted by Crippen LogP contribution is -2.38. The molecule has 6 atom stereocenters. The molecule has 3 rings (SSSR count). The van der Waals surface area contributed by atoms with Crippen molar-refractivity contribution in [3.8, 4) is 0 Å². The lowest BCUT2D eigenvalue weighted by molar-refractivity contribution is -0.149. The number of fused-ring (bicyclic) bond motifs is 2. The lowest BCUT2D eigenvalue weighted by Gasteiger charge is -2.29. The number of allylic oxidation sites excluding steroid dienone is 1. The molecule has 2 N–H and O–H groups in total. The Morgan fingerprint density at radius 1 is 1.21 bits per heavy atom. The number of epoxide rings is 1. The average molecular weight is 535 g/mol. The zero-order valence-electron chi connectivity index (χ0n) is 21.9. The van der Waals surface area contributed by atoms with Crippen LogP contribution >= 0.6 is 0 Å². The summed E-state index contributed by atoms with van der Waals surface area (Å²) in [6.07, 6.45) is 2.10. The highest BCUT2D eigenvalue weighted by Crippen LogP contribution is 2.48. The monoisotopic (exact) mass is 534 g/mol. The molecule has 0 spiro atoms. The van der Waals surface area contributed by atoms with Gasteiger partial charge in [0.1, 0.15) is 25.4 Å². The molecule has 38 heavy (non-hydrogen) atoms. The Balaban J connectivity index is 1.76. The molecular formula is C27H34O11. The Morgan fingerprint density at radius 3 is 2.53 bits per heavy atom. The maximum Gasteiger partial charge on any atom is 0.337 e. The Labute approximate surface area is 220 Å². The second-order valence-corrected chi connectivity index (χ2v) is 9.73. The van der Waals surface area contributed by atoms with Gasteiger partial charge in [-0.25, -0.2) is 14.4 Å². The summed E-state index contributed by atoms with van der Waals surface area (Å²) in [6.45, 7) is 8.85. The first-order valence-corrected chi connectivity index (χ1v) is 12.3. The maximum atomic E-state index is 13.2. The van der Waals surface area contributed by atoms with E-state index in [1.54, 1.807) is 19.9 Å². The van der Waals surface area contributed by atoms with E-state index in [2.05, 4.69) is 6.58 Å². The second kappa shape index (κ2) is 12.1. The molecule has 0 aromatic carbocycles. The van der Waals surface area contributed by atoms with Gasteiger partial charge in [0.25, 0.3) is 0 Å². The smallest absolute Gasteiger partial charge is 0.337 e. The molecule has 6 unspecified atom stereocenters. The molecule has 11 nitrogen and oxygen atoms in total. The number of carbonyl (C=O) groups is 4. The molecule has 1 aliphatic carbocycles. The van der Waals surface area contributed by atoms with Crippen LogP contribution < -0.4 is 0 Å². The van der Waals surface area contributed by atoms with Crippen molar-refractivity contribution in [2.45, 2.75) is 70.6 Å². The Kier molecular flexibility index (Phi) is 9.29. The second-order valence-electron chi connectivity index (χ2n) is 9.73. The molecule has 2 aliphatic heterocycles. The third-order valence-corrected chi connectivity index (χ3v) is 6.95. The summed E-state index contributed by atoms with van der Waals surface area (Å²) in [5.41, 5.74) is -0.00384. The zero-order valence-corrected chi connectivity index (χ0v) is 21.9. The summed E-state index contributed by atoms with van der Waals surface area (Å²) in [4.78, 5) is 49.1. The van der Waals surface area contributed by atoms with Crippen LogP contribution in [0.5, 0.6) is 0 Å². The van der Waals surface area contributed by atoms with Crippen molar-refractivity contribution < 1.29 is 53.1 Å². The fraction of sp³-hybridized carbons (Fsp3) is 0.556. The van der Waals surface area contributed by atoms with Crippen LogP contribution in [0, 0.1) is 5.92 Å². The standard InChI is InChI=1S/C27H34O11/c1-6-17(12-35-25(32)18(7-8-28)13-34-16(4)29)26(33)37-21-11-27(5)22(38-27)10-19(30)14(2)9-20-23(21)15(3)24(31)36-20/h6-7,9,19-23,28,30H,3,8,10-13H2,1-2,4-5H3. The summed E-state index contributed by atoms with van der Waals surface area (Å²) in [5.74, 6) is -3.60. The molecule has 0 saturated carbocycles. The Morgan fingerprint density at radius 2 is 1.89 bits per heavy atom. The van der Waals surface area contributed by atoms with Crippen LogP contribution in [-0.2, 0) is 42.9 Å². The summed E-state index contributed by atoms with van der Waals surface area (Å²) in [6, 6.07) is 0. The quantitative estimate of drug-likeness (QED) is 0.152. The van der Waals surface area contributed by atoms with Crippen LogP contribution in [0.1, 0.15) is 40.5 Å².